The Morgan fingerprint density at radius 1 is 1.30 bits per heavy atom. The van der Waals surface area contributed by atoms with Crippen LogP contribution in [0.25, 0.3) is 5.65 Å². The number of rotatable bonds is 3. The van der Waals surface area contributed by atoms with Gasteiger partial charge >= 0.3 is 5.97 Å². The second kappa shape index (κ2) is 4.85. The maximum Gasteiger partial charge on any atom is 0.339 e. The maximum absolute atomic E-state index is 11.1. The van der Waals surface area contributed by atoms with Gasteiger partial charge in [0.05, 0.1) is 0 Å². The van der Waals surface area contributed by atoms with E-state index in [0.717, 1.165) is 0 Å². The van der Waals surface area contributed by atoms with Crippen LogP contribution in [0.1, 0.15) is 10.4 Å². The Hall–Kier alpha value is -2.55. The number of hydrogen-bond acceptors (Lipinski definition) is 6. The summed E-state index contributed by atoms with van der Waals surface area (Å²) in [6.07, 6.45) is 0. The summed E-state index contributed by atoms with van der Waals surface area (Å²) in [5.74, 6) is -0.729. The summed E-state index contributed by atoms with van der Waals surface area (Å²) in [6, 6.07) is 7.78. The number of nitrogens with zero attached hydrogens (tertiary/aromatic N) is 5. The van der Waals surface area contributed by atoms with Gasteiger partial charge in [0.1, 0.15) is 11.3 Å². The smallest absolute Gasteiger partial charge is 0.339 e. The van der Waals surface area contributed by atoms with Gasteiger partial charge < -0.3 is 9.84 Å². The number of carboxylic acids is 1. The topological polar surface area (TPSA) is 102 Å². The highest BCUT2D eigenvalue weighted by atomic mass is 79.9. The number of benzene rings is 1. The minimum absolute atomic E-state index is 0.0341. The van der Waals surface area contributed by atoms with E-state index in [4.69, 9.17) is 9.84 Å². The van der Waals surface area contributed by atoms with Gasteiger partial charge in [-0.05, 0) is 34.7 Å². The fourth-order valence-electron chi connectivity index (χ4n) is 1.56. The largest absolute Gasteiger partial charge is 0.478 e. The van der Waals surface area contributed by atoms with Crippen molar-refractivity contribution in [1.82, 2.24) is 25.3 Å². The Morgan fingerprint density at radius 3 is 2.95 bits per heavy atom. The van der Waals surface area contributed by atoms with Crippen molar-refractivity contribution >= 4 is 27.5 Å². The summed E-state index contributed by atoms with van der Waals surface area (Å²) in [6.45, 7) is 0. The number of hydrogen-bond donors (Lipinski definition) is 1. The van der Waals surface area contributed by atoms with Crippen molar-refractivity contribution in [2.75, 3.05) is 0 Å². The molecule has 0 fully saturated rings. The van der Waals surface area contributed by atoms with Crippen LogP contribution in [-0.2, 0) is 0 Å². The van der Waals surface area contributed by atoms with Crippen LogP contribution < -0.4 is 4.74 Å². The van der Waals surface area contributed by atoms with Crippen molar-refractivity contribution in [3.63, 3.8) is 0 Å². The van der Waals surface area contributed by atoms with Crippen molar-refractivity contribution in [2.45, 2.75) is 0 Å². The van der Waals surface area contributed by atoms with Crippen LogP contribution in [0.15, 0.2) is 34.8 Å². The summed E-state index contributed by atoms with van der Waals surface area (Å²) in [5, 5.41) is 23.9. The summed E-state index contributed by atoms with van der Waals surface area (Å²) >= 11 is 3.26. The first kappa shape index (κ1) is 12.5. The van der Waals surface area contributed by atoms with Crippen LogP contribution >= 0.6 is 15.9 Å². The molecule has 0 aliphatic rings. The SMILES string of the molecule is O=C(O)c1ccc(Br)cc1Oc1ccc2nnnn2n1. The van der Waals surface area contributed by atoms with Gasteiger partial charge in [-0.2, -0.15) is 0 Å². The van der Waals surface area contributed by atoms with E-state index in [1.54, 1.807) is 24.3 Å². The molecule has 2 heterocycles. The van der Waals surface area contributed by atoms with E-state index in [2.05, 4.69) is 36.6 Å². The molecule has 3 rings (SSSR count). The van der Waals surface area contributed by atoms with E-state index in [0.29, 0.717) is 10.1 Å². The van der Waals surface area contributed by atoms with E-state index in [1.165, 1.54) is 10.7 Å². The first-order chi connectivity index (χ1) is 9.63. The molecule has 0 radical (unpaired) electrons. The van der Waals surface area contributed by atoms with E-state index in [9.17, 15) is 4.79 Å². The Bertz CT molecular complexity index is 804. The van der Waals surface area contributed by atoms with E-state index in [1.807, 2.05) is 0 Å². The molecule has 3 aromatic rings. The highest BCUT2D eigenvalue weighted by Gasteiger charge is 2.13. The predicted molar refractivity (Wildman–Crippen MR) is 69.8 cm³/mol. The molecule has 8 nitrogen and oxygen atoms in total. The minimum Gasteiger partial charge on any atom is -0.478 e. The molecule has 0 spiro atoms. The van der Waals surface area contributed by atoms with Crippen LogP contribution in [0.2, 0.25) is 0 Å². The number of ether oxygens (including phenoxy) is 1. The minimum atomic E-state index is -1.09. The predicted octanol–water partition coefficient (Wildman–Crippen LogP) is 1.77. The average Bonchev–Trinajstić information content (AvgIpc) is 2.85. The summed E-state index contributed by atoms with van der Waals surface area (Å²) in [5.41, 5.74) is 0.497. The Morgan fingerprint density at radius 2 is 2.15 bits per heavy atom. The lowest BCUT2D eigenvalue weighted by atomic mass is 10.2. The van der Waals surface area contributed by atoms with Crippen LogP contribution in [-0.4, -0.2) is 36.3 Å². The van der Waals surface area contributed by atoms with Gasteiger partial charge in [0.2, 0.25) is 5.88 Å². The Balaban J connectivity index is 2.01. The van der Waals surface area contributed by atoms with Crippen molar-refractivity contribution in [3.05, 3.63) is 40.4 Å². The molecule has 1 N–H and O–H groups in total. The lowest BCUT2D eigenvalue weighted by Crippen LogP contribution is -2.02. The number of aromatic carboxylic acids is 1. The van der Waals surface area contributed by atoms with E-state index < -0.39 is 5.97 Å². The molecule has 0 saturated heterocycles. The van der Waals surface area contributed by atoms with Gasteiger partial charge in [0, 0.05) is 10.5 Å². The average molecular weight is 336 g/mol. The summed E-state index contributed by atoms with van der Waals surface area (Å²) in [7, 11) is 0. The number of fused-ring (bicyclic) bond motifs is 1. The van der Waals surface area contributed by atoms with Gasteiger partial charge in [-0.25, -0.2) is 4.79 Å². The zero-order valence-electron chi connectivity index (χ0n) is 9.76. The van der Waals surface area contributed by atoms with Gasteiger partial charge in [-0.1, -0.05) is 15.9 Å². The first-order valence-electron chi connectivity index (χ1n) is 5.39. The van der Waals surface area contributed by atoms with Crippen LogP contribution in [0.3, 0.4) is 0 Å². The molecule has 100 valence electrons. The molecule has 2 aromatic heterocycles. The fourth-order valence-corrected chi connectivity index (χ4v) is 1.90. The lowest BCUT2D eigenvalue weighted by Gasteiger charge is -2.07. The van der Waals surface area contributed by atoms with Crippen molar-refractivity contribution < 1.29 is 14.6 Å². The summed E-state index contributed by atoms with van der Waals surface area (Å²) in [4.78, 5) is 11.1. The third-order valence-electron chi connectivity index (χ3n) is 2.43. The van der Waals surface area contributed by atoms with Gasteiger partial charge in [0.25, 0.3) is 0 Å². The van der Waals surface area contributed by atoms with Crippen molar-refractivity contribution in [2.24, 2.45) is 0 Å². The molecule has 0 amide bonds. The number of tetrazole rings is 1. The quantitative estimate of drug-likeness (QED) is 0.777. The molecular formula is C11H6BrN5O3. The zero-order chi connectivity index (χ0) is 14.1. The van der Waals surface area contributed by atoms with Gasteiger partial charge in [0.15, 0.2) is 5.65 Å². The number of aromatic nitrogens is 5. The molecule has 1 aromatic carbocycles. The van der Waals surface area contributed by atoms with Crippen LogP contribution in [0.5, 0.6) is 11.6 Å². The Kier molecular flexibility index (Phi) is 3.03. The van der Waals surface area contributed by atoms with Crippen molar-refractivity contribution in [3.8, 4) is 11.6 Å². The molecule has 20 heavy (non-hydrogen) atoms. The third-order valence-corrected chi connectivity index (χ3v) is 2.93. The van der Waals surface area contributed by atoms with Gasteiger partial charge in [-0.3, -0.25) is 0 Å². The molecular weight excluding hydrogens is 330 g/mol. The van der Waals surface area contributed by atoms with Crippen LogP contribution in [0.4, 0.5) is 0 Å². The normalized spacial score (nSPS) is 10.7. The Labute approximate surface area is 120 Å². The van der Waals surface area contributed by atoms with Crippen LogP contribution in [0, 0.1) is 0 Å². The third kappa shape index (κ3) is 2.30. The first-order valence-corrected chi connectivity index (χ1v) is 6.19. The molecule has 0 bridgehead atoms. The zero-order valence-corrected chi connectivity index (χ0v) is 11.4. The lowest BCUT2D eigenvalue weighted by molar-refractivity contribution is 0.0694. The molecule has 0 saturated carbocycles. The number of halogens is 1. The molecule has 0 unspecified atom stereocenters. The highest BCUT2D eigenvalue weighted by Crippen LogP contribution is 2.27. The molecule has 0 atom stereocenters. The maximum atomic E-state index is 11.1. The molecule has 9 heteroatoms. The van der Waals surface area contributed by atoms with Crippen molar-refractivity contribution in [1.29, 1.82) is 0 Å². The molecule has 0 aliphatic carbocycles. The number of carboxylic acid groups (broad SMARTS) is 1. The second-order valence-electron chi connectivity index (χ2n) is 3.75. The fraction of sp³-hybridized carbons (Fsp3) is 0. The summed E-state index contributed by atoms with van der Waals surface area (Å²) < 4.78 is 7.37. The van der Waals surface area contributed by atoms with E-state index in [-0.39, 0.29) is 17.2 Å². The number of carbonyl (C=O) groups is 1. The highest BCUT2D eigenvalue weighted by molar-refractivity contribution is 9.10. The van der Waals surface area contributed by atoms with Gasteiger partial charge in [-0.15, -0.1) is 14.8 Å². The molecule has 0 aliphatic heterocycles. The van der Waals surface area contributed by atoms with E-state index >= 15 is 0 Å². The second-order valence-corrected chi connectivity index (χ2v) is 4.66. The standard InChI is InChI=1S/C11H6BrN5O3/c12-6-1-2-7(11(18)19)8(5-6)20-10-4-3-9-13-15-16-17(9)14-10/h1-5H,(H,18,19). The monoisotopic (exact) mass is 335 g/mol.